The highest BCUT2D eigenvalue weighted by Crippen LogP contribution is 2.26. The third-order valence-corrected chi connectivity index (χ3v) is 9.46. The van der Waals surface area contributed by atoms with Crippen LogP contribution in [-0.2, 0) is 5.75 Å². The average Bonchev–Trinajstić information content (AvgIpc) is 3.08. The molecule has 0 unspecified atom stereocenters. The molecular weight excluding hydrogens is 623 g/mol. The van der Waals surface area contributed by atoms with E-state index in [2.05, 4.69) is 62.2 Å². The zero-order chi connectivity index (χ0) is 31.0. The van der Waals surface area contributed by atoms with Crippen LogP contribution >= 0.6 is 35.0 Å². The Kier molecular flexibility index (Phi) is 10.6. The largest absolute Gasteiger partial charge is 0.368 e. The van der Waals surface area contributed by atoms with Crippen LogP contribution < -0.4 is 9.80 Å². The van der Waals surface area contributed by atoms with E-state index in [1.54, 1.807) is 0 Å². The first-order valence-electron chi connectivity index (χ1n) is 15.3. The van der Waals surface area contributed by atoms with E-state index in [0.717, 1.165) is 67.9 Å². The summed E-state index contributed by atoms with van der Waals surface area (Å²) in [6, 6.07) is 28.0. The standard InChI is InChI=1S/C35H36Cl2N6OS/c36-30-12-5-13-31(24-30)41-19-21-43(22-20-41)34(44)29-11-4-9-28(23-29)26-45-35-38-32(37)25-33(39-35)42-17-15-40(16-18-42)14-6-10-27-7-2-1-3-8-27/h1-13,23-25H,14-22,26H2. The molecule has 4 aromatic rings. The van der Waals surface area contributed by atoms with E-state index >= 15 is 0 Å². The van der Waals surface area contributed by atoms with Crippen LogP contribution in [0.25, 0.3) is 6.08 Å². The molecule has 0 bridgehead atoms. The van der Waals surface area contributed by atoms with Crippen molar-refractivity contribution in [2.24, 2.45) is 0 Å². The van der Waals surface area contributed by atoms with Crippen molar-refractivity contribution in [2.75, 3.05) is 68.7 Å². The molecule has 232 valence electrons. The summed E-state index contributed by atoms with van der Waals surface area (Å²) in [5.41, 5.74) is 4.06. The Morgan fingerprint density at radius 1 is 0.778 bits per heavy atom. The van der Waals surface area contributed by atoms with E-state index in [0.29, 0.717) is 34.7 Å². The number of amides is 1. The third-order valence-electron chi connectivity index (χ3n) is 8.11. The Balaban J connectivity index is 1.00. The van der Waals surface area contributed by atoms with E-state index < -0.39 is 0 Å². The zero-order valence-electron chi connectivity index (χ0n) is 25.1. The van der Waals surface area contributed by atoms with Crippen molar-refractivity contribution >= 4 is 58.5 Å². The lowest BCUT2D eigenvalue weighted by atomic mass is 10.1. The number of aromatic nitrogens is 2. The van der Waals surface area contributed by atoms with Gasteiger partial charge in [-0.25, -0.2) is 9.97 Å². The first-order valence-corrected chi connectivity index (χ1v) is 17.0. The fourth-order valence-electron chi connectivity index (χ4n) is 5.64. The molecule has 2 fully saturated rings. The van der Waals surface area contributed by atoms with Crippen LogP contribution in [0.4, 0.5) is 11.5 Å². The number of rotatable bonds is 9. The van der Waals surface area contributed by atoms with Crippen molar-refractivity contribution in [3.05, 3.63) is 118 Å². The van der Waals surface area contributed by atoms with Crippen LogP contribution in [0.2, 0.25) is 10.2 Å². The highest BCUT2D eigenvalue weighted by atomic mass is 35.5. The Hall–Kier alpha value is -3.56. The van der Waals surface area contributed by atoms with E-state index in [1.807, 2.05) is 59.5 Å². The van der Waals surface area contributed by atoms with Crippen LogP contribution in [0.3, 0.4) is 0 Å². The average molecular weight is 660 g/mol. The zero-order valence-corrected chi connectivity index (χ0v) is 27.4. The van der Waals surface area contributed by atoms with Crippen LogP contribution in [0.1, 0.15) is 21.5 Å². The van der Waals surface area contributed by atoms with Crippen LogP contribution in [0.15, 0.2) is 96.2 Å². The van der Waals surface area contributed by atoms with Gasteiger partial charge in [-0.2, -0.15) is 0 Å². The number of thioether (sulfide) groups is 1. The maximum atomic E-state index is 13.4. The van der Waals surface area contributed by atoms with E-state index in [-0.39, 0.29) is 5.91 Å². The second-order valence-corrected chi connectivity index (χ2v) is 12.9. The molecule has 0 N–H and O–H groups in total. The summed E-state index contributed by atoms with van der Waals surface area (Å²) in [4.78, 5) is 31.6. The molecule has 2 aliphatic rings. The lowest BCUT2D eigenvalue weighted by Crippen LogP contribution is -2.48. The van der Waals surface area contributed by atoms with Crippen molar-refractivity contribution in [2.45, 2.75) is 10.9 Å². The highest BCUT2D eigenvalue weighted by molar-refractivity contribution is 7.98. The molecule has 3 heterocycles. The van der Waals surface area contributed by atoms with Crippen molar-refractivity contribution < 1.29 is 4.79 Å². The monoisotopic (exact) mass is 658 g/mol. The molecule has 0 saturated carbocycles. The predicted octanol–water partition coefficient (Wildman–Crippen LogP) is 6.87. The van der Waals surface area contributed by atoms with Gasteiger partial charge in [0.05, 0.1) is 0 Å². The second-order valence-electron chi connectivity index (χ2n) is 11.2. The van der Waals surface area contributed by atoms with Gasteiger partial charge in [-0.05, 0) is 41.5 Å². The quantitative estimate of drug-likeness (QED) is 0.110. The smallest absolute Gasteiger partial charge is 0.253 e. The minimum Gasteiger partial charge on any atom is -0.368 e. The van der Waals surface area contributed by atoms with E-state index in [4.69, 9.17) is 28.2 Å². The van der Waals surface area contributed by atoms with Gasteiger partial charge in [0.25, 0.3) is 5.91 Å². The highest BCUT2D eigenvalue weighted by Gasteiger charge is 2.23. The maximum Gasteiger partial charge on any atom is 0.253 e. The first kappa shape index (κ1) is 31.4. The molecule has 2 aliphatic heterocycles. The van der Waals surface area contributed by atoms with Gasteiger partial charge < -0.3 is 14.7 Å². The third kappa shape index (κ3) is 8.58. The van der Waals surface area contributed by atoms with Gasteiger partial charge in [0.2, 0.25) is 0 Å². The first-order chi connectivity index (χ1) is 22.0. The molecule has 1 amide bonds. The lowest BCUT2D eigenvalue weighted by molar-refractivity contribution is 0.0746. The van der Waals surface area contributed by atoms with Crippen molar-refractivity contribution in [3.63, 3.8) is 0 Å². The topological polar surface area (TPSA) is 55.8 Å². The van der Waals surface area contributed by atoms with Gasteiger partial charge in [-0.1, -0.05) is 95.6 Å². The molecule has 7 nitrogen and oxygen atoms in total. The molecule has 2 saturated heterocycles. The van der Waals surface area contributed by atoms with Crippen LogP contribution in [0, 0.1) is 0 Å². The van der Waals surface area contributed by atoms with Gasteiger partial charge in [-0.15, -0.1) is 0 Å². The van der Waals surface area contributed by atoms with Gasteiger partial charge >= 0.3 is 0 Å². The summed E-state index contributed by atoms with van der Waals surface area (Å²) >= 11 is 14.2. The van der Waals surface area contributed by atoms with Crippen LogP contribution in [0.5, 0.6) is 0 Å². The molecule has 0 aliphatic carbocycles. The number of hydrogen-bond acceptors (Lipinski definition) is 7. The number of carbonyl (C=O) groups is 1. The van der Waals surface area contributed by atoms with Gasteiger partial charge in [0.1, 0.15) is 11.0 Å². The summed E-state index contributed by atoms with van der Waals surface area (Å²) in [6.45, 7) is 7.49. The predicted molar refractivity (Wildman–Crippen MR) is 187 cm³/mol. The summed E-state index contributed by atoms with van der Waals surface area (Å²) in [5.74, 6) is 1.56. The minimum absolute atomic E-state index is 0.0589. The van der Waals surface area contributed by atoms with Crippen molar-refractivity contribution in [1.29, 1.82) is 0 Å². The lowest BCUT2D eigenvalue weighted by Gasteiger charge is -2.36. The summed E-state index contributed by atoms with van der Waals surface area (Å²) in [5, 5.41) is 1.80. The van der Waals surface area contributed by atoms with Crippen molar-refractivity contribution in [3.8, 4) is 0 Å². The molecule has 0 radical (unpaired) electrons. The van der Waals surface area contributed by atoms with Crippen molar-refractivity contribution in [1.82, 2.24) is 19.8 Å². The van der Waals surface area contributed by atoms with Gasteiger partial charge in [-0.3, -0.25) is 9.69 Å². The SMILES string of the molecule is O=C(c1cccc(CSc2nc(Cl)cc(N3CCN(CC=Cc4ccccc4)CC3)n2)c1)N1CCN(c2cccc(Cl)c2)CC1. The molecule has 6 rings (SSSR count). The number of hydrogen-bond donors (Lipinski definition) is 0. The fourth-order valence-corrected chi connectivity index (χ4v) is 6.85. The number of anilines is 2. The molecule has 0 spiro atoms. The minimum atomic E-state index is 0.0589. The van der Waals surface area contributed by atoms with E-state index in [1.165, 1.54) is 17.3 Å². The molecule has 3 aromatic carbocycles. The summed E-state index contributed by atoms with van der Waals surface area (Å²) in [7, 11) is 0. The molecule has 0 atom stereocenters. The second kappa shape index (κ2) is 15.1. The number of halogens is 2. The number of benzene rings is 3. The van der Waals surface area contributed by atoms with E-state index in [9.17, 15) is 4.79 Å². The Morgan fingerprint density at radius 2 is 1.53 bits per heavy atom. The molecule has 1 aromatic heterocycles. The van der Waals surface area contributed by atoms with Gasteiger partial charge in [0, 0.05) is 87.0 Å². The molecule has 10 heteroatoms. The summed E-state index contributed by atoms with van der Waals surface area (Å²) in [6.07, 6.45) is 4.41. The molecular formula is C35H36Cl2N6OS. The normalized spacial score (nSPS) is 16.0. The maximum absolute atomic E-state index is 13.4. The molecule has 45 heavy (non-hydrogen) atoms. The van der Waals surface area contributed by atoms with Crippen LogP contribution in [-0.4, -0.2) is 84.6 Å². The Bertz CT molecular complexity index is 1620. The Labute approximate surface area is 279 Å². The number of carbonyl (C=O) groups excluding carboxylic acids is 1. The summed E-state index contributed by atoms with van der Waals surface area (Å²) < 4.78 is 0. The van der Waals surface area contributed by atoms with Gasteiger partial charge in [0.15, 0.2) is 5.16 Å². The number of piperazine rings is 2. The number of nitrogens with zero attached hydrogens (tertiary/aromatic N) is 6. The fraction of sp³-hybridized carbons (Fsp3) is 0.286. The Morgan fingerprint density at radius 3 is 2.31 bits per heavy atom.